The zero-order valence-corrected chi connectivity index (χ0v) is 12.3. The summed E-state index contributed by atoms with van der Waals surface area (Å²) in [4.78, 5) is 12.2. The van der Waals surface area contributed by atoms with Gasteiger partial charge in [-0.05, 0) is 12.0 Å². The molecular weight excluding hydrogens is 300 g/mol. The van der Waals surface area contributed by atoms with Gasteiger partial charge in [0.1, 0.15) is 35.9 Å². The molecule has 0 fully saturated rings. The van der Waals surface area contributed by atoms with Gasteiger partial charge in [0.05, 0.1) is 5.56 Å². The van der Waals surface area contributed by atoms with Crippen molar-refractivity contribution in [2.75, 3.05) is 0 Å². The van der Waals surface area contributed by atoms with Gasteiger partial charge in [0.15, 0.2) is 5.43 Å². The summed E-state index contributed by atoms with van der Waals surface area (Å²) in [6.07, 6.45) is -5.28. The average molecular weight is 318 g/mol. The van der Waals surface area contributed by atoms with Crippen LogP contribution in [-0.2, 0) is 12.8 Å². The molecule has 0 unspecified atom stereocenters. The van der Waals surface area contributed by atoms with Crippen LogP contribution >= 0.6 is 0 Å². The quantitative estimate of drug-likeness (QED) is 0.644. The van der Waals surface area contributed by atoms with Crippen molar-refractivity contribution in [3.63, 3.8) is 0 Å². The average Bonchev–Trinajstić information content (AvgIpc) is 2.56. The van der Waals surface area contributed by atoms with E-state index in [1.807, 2.05) is 30.3 Å². The Balaban J connectivity index is 1.91. The second-order valence-electron chi connectivity index (χ2n) is 5.71. The van der Waals surface area contributed by atoms with E-state index >= 15 is 0 Å². The Morgan fingerprint density at radius 2 is 1.57 bits per heavy atom. The van der Waals surface area contributed by atoms with E-state index in [9.17, 15) is 25.2 Å². The first-order valence-corrected chi connectivity index (χ1v) is 7.42. The van der Waals surface area contributed by atoms with Crippen LogP contribution in [0.15, 0.2) is 45.6 Å². The molecular formula is C17H18O6. The lowest BCUT2D eigenvalue weighted by atomic mass is 9.87. The highest BCUT2D eigenvalue weighted by molar-refractivity contribution is 5.29. The lowest BCUT2D eigenvalue weighted by molar-refractivity contribution is -0.128. The predicted octanol–water partition coefficient (Wildman–Crippen LogP) is 0.227. The second-order valence-corrected chi connectivity index (χ2v) is 5.71. The number of aliphatic hydroxyl groups excluding tert-OH is 4. The van der Waals surface area contributed by atoms with E-state index in [-0.39, 0.29) is 11.3 Å². The van der Waals surface area contributed by atoms with Gasteiger partial charge in [-0.2, -0.15) is 0 Å². The summed E-state index contributed by atoms with van der Waals surface area (Å²) in [7, 11) is 0. The third-order valence-electron chi connectivity index (χ3n) is 4.13. The Morgan fingerprint density at radius 1 is 0.913 bits per heavy atom. The minimum atomic E-state index is -1.63. The fraction of sp³-hybridized carbons (Fsp3) is 0.353. The first-order chi connectivity index (χ1) is 11.0. The van der Waals surface area contributed by atoms with Crippen LogP contribution in [0.3, 0.4) is 0 Å². The van der Waals surface area contributed by atoms with Crippen molar-refractivity contribution in [1.29, 1.82) is 0 Å². The number of rotatable bonds is 3. The zero-order chi connectivity index (χ0) is 16.6. The van der Waals surface area contributed by atoms with Crippen molar-refractivity contribution < 1.29 is 24.8 Å². The maximum Gasteiger partial charge on any atom is 0.191 e. The van der Waals surface area contributed by atoms with E-state index in [1.54, 1.807) is 0 Å². The highest BCUT2D eigenvalue weighted by Crippen LogP contribution is 2.35. The molecule has 2 aromatic rings. The molecule has 0 amide bonds. The van der Waals surface area contributed by atoms with Crippen molar-refractivity contribution in [2.24, 2.45) is 0 Å². The molecule has 1 aromatic carbocycles. The Morgan fingerprint density at radius 3 is 2.26 bits per heavy atom. The van der Waals surface area contributed by atoms with E-state index in [1.165, 1.54) is 6.07 Å². The maximum absolute atomic E-state index is 12.2. The number of benzene rings is 1. The molecule has 1 aromatic heterocycles. The minimum Gasteiger partial charge on any atom is -0.463 e. The highest BCUT2D eigenvalue weighted by atomic mass is 16.4. The largest absolute Gasteiger partial charge is 0.463 e. The SMILES string of the molecule is O=c1cc(CCc2ccccc2)oc2c1[C@H](O)[C@@H](O)[C@H](O)[C@H]2O. The van der Waals surface area contributed by atoms with Gasteiger partial charge >= 0.3 is 0 Å². The summed E-state index contributed by atoms with van der Waals surface area (Å²) in [6.45, 7) is 0. The van der Waals surface area contributed by atoms with Crippen LogP contribution in [-0.4, -0.2) is 32.6 Å². The van der Waals surface area contributed by atoms with E-state index < -0.39 is 29.8 Å². The molecule has 23 heavy (non-hydrogen) atoms. The van der Waals surface area contributed by atoms with Crippen LogP contribution in [0.5, 0.6) is 0 Å². The number of fused-ring (bicyclic) bond motifs is 1. The summed E-state index contributed by atoms with van der Waals surface area (Å²) in [5.41, 5.74) is 0.356. The van der Waals surface area contributed by atoms with Crippen molar-refractivity contribution >= 4 is 0 Å². The number of hydrogen-bond donors (Lipinski definition) is 4. The molecule has 4 atom stereocenters. The van der Waals surface area contributed by atoms with E-state index in [0.717, 1.165) is 5.56 Å². The summed E-state index contributed by atoms with van der Waals surface area (Å²) >= 11 is 0. The molecule has 122 valence electrons. The number of hydrogen-bond acceptors (Lipinski definition) is 6. The van der Waals surface area contributed by atoms with Crippen molar-refractivity contribution in [3.05, 3.63) is 69.3 Å². The van der Waals surface area contributed by atoms with Crippen molar-refractivity contribution in [3.8, 4) is 0 Å². The Kier molecular flexibility index (Phi) is 4.32. The van der Waals surface area contributed by atoms with Crippen LogP contribution in [0.1, 0.15) is 34.9 Å². The van der Waals surface area contributed by atoms with Crippen LogP contribution < -0.4 is 5.43 Å². The monoisotopic (exact) mass is 318 g/mol. The summed E-state index contributed by atoms with van der Waals surface area (Å²) in [6, 6.07) is 10.9. The standard InChI is InChI=1S/C17H18O6/c18-11-8-10(7-6-9-4-2-1-3-5-9)23-17-12(11)13(19)14(20)15(21)16(17)22/h1-5,8,13-16,19-22H,6-7H2/t13-,14+,15-,16+/m0/s1. The van der Waals surface area contributed by atoms with Gasteiger partial charge in [-0.3, -0.25) is 4.79 Å². The third-order valence-corrected chi connectivity index (χ3v) is 4.13. The van der Waals surface area contributed by atoms with Gasteiger partial charge in [-0.1, -0.05) is 30.3 Å². The van der Waals surface area contributed by atoms with E-state index in [4.69, 9.17) is 4.42 Å². The van der Waals surface area contributed by atoms with Crippen LogP contribution in [0.2, 0.25) is 0 Å². The van der Waals surface area contributed by atoms with Gasteiger partial charge in [0.25, 0.3) is 0 Å². The molecule has 1 heterocycles. The van der Waals surface area contributed by atoms with Crippen LogP contribution in [0.4, 0.5) is 0 Å². The molecule has 0 radical (unpaired) electrons. The summed E-state index contributed by atoms with van der Waals surface area (Å²) < 4.78 is 5.52. The van der Waals surface area contributed by atoms with Gasteiger partial charge in [0.2, 0.25) is 0 Å². The fourth-order valence-corrected chi connectivity index (χ4v) is 2.82. The second kappa shape index (κ2) is 6.25. The molecule has 0 saturated carbocycles. The van der Waals surface area contributed by atoms with Crippen LogP contribution in [0, 0.1) is 0 Å². The lowest BCUT2D eigenvalue weighted by Crippen LogP contribution is -2.44. The molecule has 6 nitrogen and oxygen atoms in total. The molecule has 6 heteroatoms. The van der Waals surface area contributed by atoms with E-state index in [2.05, 4.69) is 0 Å². The van der Waals surface area contributed by atoms with Crippen LogP contribution in [0.25, 0.3) is 0 Å². The van der Waals surface area contributed by atoms with Gasteiger partial charge in [-0.25, -0.2) is 0 Å². The third kappa shape index (κ3) is 2.94. The topological polar surface area (TPSA) is 111 Å². The Bertz CT molecular complexity index is 738. The smallest absolute Gasteiger partial charge is 0.191 e. The minimum absolute atomic E-state index is 0.175. The molecule has 3 rings (SSSR count). The molecule has 4 N–H and O–H groups in total. The van der Waals surface area contributed by atoms with Gasteiger partial charge in [0, 0.05) is 12.5 Å². The first kappa shape index (κ1) is 15.9. The molecule has 0 bridgehead atoms. The zero-order valence-electron chi connectivity index (χ0n) is 12.3. The number of aryl methyl sites for hydroxylation is 2. The molecule has 1 aliphatic carbocycles. The Hall–Kier alpha value is -1.99. The molecule has 0 saturated heterocycles. The summed E-state index contributed by atoms with van der Waals surface area (Å²) in [5.74, 6) is 0.179. The van der Waals surface area contributed by atoms with E-state index in [0.29, 0.717) is 18.6 Å². The lowest BCUT2D eigenvalue weighted by Gasteiger charge is -2.32. The predicted molar refractivity (Wildman–Crippen MR) is 80.8 cm³/mol. The number of aliphatic hydroxyl groups is 4. The van der Waals surface area contributed by atoms with Crippen molar-refractivity contribution in [2.45, 2.75) is 37.3 Å². The molecule has 0 spiro atoms. The summed E-state index contributed by atoms with van der Waals surface area (Å²) in [5, 5.41) is 39.3. The van der Waals surface area contributed by atoms with Gasteiger partial charge in [-0.15, -0.1) is 0 Å². The fourth-order valence-electron chi connectivity index (χ4n) is 2.82. The normalized spacial score (nSPS) is 26.8. The highest BCUT2D eigenvalue weighted by Gasteiger charge is 2.43. The molecule has 1 aliphatic rings. The maximum atomic E-state index is 12.2. The molecule has 0 aliphatic heterocycles. The Labute approximate surface area is 132 Å². The van der Waals surface area contributed by atoms with Crippen molar-refractivity contribution in [1.82, 2.24) is 0 Å². The first-order valence-electron chi connectivity index (χ1n) is 7.42. The van der Waals surface area contributed by atoms with Gasteiger partial charge < -0.3 is 24.8 Å².